The minimum absolute atomic E-state index is 0.0673. The highest BCUT2D eigenvalue weighted by atomic mass is 16.5. The second-order valence-corrected chi connectivity index (χ2v) is 15.1. The highest BCUT2D eigenvalue weighted by molar-refractivity contribution is 6.23. The fourth-order valence-corrected chi connectivity index (χ4v) is 8.45. The van der Waals surface area contributed by atoms with Crippen molar-refractivity contribution in [1.29, 1.82) is 0 Å². The number of ether oxygens (including phenoxy) is 1. The summed E-state index contributed by atoms with van der Waals surface area (Å²) in [6.45, 7) is 4.68. The molecular formula is C42H42N10O6. The molecule has 2 aromatic heterocycles. The first-order valence-corrected chi connectivity index (χ1v) is 19.6. The molecule has 16 nitrogen and oxygen atoms in total. The SMILES string of the molecule is Nc1ncnc2c1c(-c1ccc(Oc3ccccc3)cc1)nn2C1CCN(CCCC(=O)N2CCN(c3ccc4c(c3)C(=O)N(C3CCC(=O)NC3=O)C4=O)CC2)C1. The number of fused-ring (bicyclic) bond motifs is 2. The first-order chi connectivity index (χ1) is 28.2. The molecule has 6 heterocycles. The van der Waals surface area contributed by atoms with Crippen LogP contribution in [0, 0.1) is 0 Å². The third kappa shape index (κ3) is 6.99. The molecule has 5 aromatic rings. The number of rotatable bonds is 10. The Hall–Kier alpha value is -6.68. The quantitative estimate of drug-likeness (QED) is 0.196. The number of hydrogen-bond acceptors (Lipinski definition) is 12. The van der Waals surface area contributed by atoms with Crippen molar-refractivity contribution in [3.05, 3.63) is 90.3 Å². The van der Waals surface area contributed by atoms with E-state index in [0.717, 1.165) is 65.5 Å². The van der Waals surface area contributed by atoms with Crippen LogP contribution in [0.4, 0.5) is 11.5 Å². The number of nitrogens with zero attached hydrogens (tertiary/aromatic N) is 8. The number of carbonyl (C=O) groups is 5. The summed E-state index contributed by atoms with van der Waals surface area (Å²) in [7, 11) is 0. The van der Waals surface area contributed by atoms with Gasteiger partial charge in [-0.2, -0.15) is 5.10 Å². The zero-order valence-electron chi connectivity index (χ0n) is 31.8. The van der Waals surface area contributed by atoms with E-state index in [2.05, 4.69) is 25.1 Å². The lowest BCUT2D eigenvalue weighted by Crippen LogP contribution is -2.54. The van der Waals surface area contributed by atoms with Gasteiger partial charge in [0.05, 0.1) is 22.6 Å². The highest BCUT2D eigenvalue weighted by Crippen LogP contribution is 2.36. The van der Waals surface area contributed by atoms with Gasteiger partial charge in [-0.05, 0) is 80.4 Å². The lowest BCUT2D eigenvalue weighted by Gasteiger charge is -2.36. The molecule has 9 rings (SSSR count). The number of piperidine rings is 1. The number of imide groups is 2. The molecule has 5 amide bonds. The number of hydrogen-bond donors (Lipinski definition) is 2. The summed E-state index contributed by atoms with van der Waals surface area (Å²) in [5, 5.41) is 7.99. The second-order valence-electron chi connectivity index (χ2n) is 15.1. The number of nitrogen functional groups attached to an aromatic ring is 1. The predicted molar refractivity (Wildman–Crippen MR) is 213 cm³/mol. The molecule has 4 aliphatic heterocycles. The summed E-state index contributed by atoms with van der Waals surface area (Å²) in [4.78, 5) is 80.0. The van der Waals surface area contributed by atoms with Crippen LogP contribution in [0.25, 0.3) is 22.3 Å². The number of aromatic nitrogens is 4. The predicted octanol–water partition coefficient (Wildman–Crippen LogP) is 3.64. The van der Waals surface area contributed by atoms with Crippen LogP contribution in [0.15, 0.2) is 79.1 Å². The van der Waals surface area contributed by atoms with Gasteiger partial charge in [0.2, 0.25) is 17.7 Å². The fourth-order valence-electron chi connectivity index (χ4n) is 8.45. The van der Waals surface area contributed by atoms with Crippen molar-refractivity contribution in [2.75, 3.05) is 56.4 Å². The van der Waals surface area contributed by atoms with E-state index in [-0.39, 0.29) is 35.9 Å². The van der Waals surface area contributed by atoms with E-state index in [4.69, 9.17) is 15.6 Å². The van der Waals surface area contributed by atoms with E-state index in [1.165, 1.54) is 6.33 Å². The van der Waals surface area contributed by atoms with Crippen LogP contribution in [-0.4, -0.2) is 116 Å². The zero-order chi connectivity index (χ0) is 39.9. The zero-order valence-corrected chi connectivity index (χ0v) is 31.8. The Bertz CT molecular complexity index is 2430. The van der Waals surface area contributed by atoms with Gasteiger partial charge >= 0.3 is 0 Å². The fraction of sp³-hybridized carbons (Fsp3) is 0.333. The van der Waals surface area contributed by atoms with Crippen LogP contribution in [0.2, 0.25) is 0 Å². The van der Waals surface area contributed by atoms with Crippen molar-refractivity contribution < 1.29 is 28.7 Å². The average molecular weight is 783 g/mol. The third-order valence-electron chi connectivity index (χ3n) is 11.5. The van der Waals surface area contributed by atoms with E-state index < -0.39 is 29.7 Å². The molecule has 58 heavy (non-hydrogen) atoms. The van der Waals surface area contributed by atoms with Gasteiger partial charge in [-0.3, -0.25) is 34.2 Å². The van der Waals surface area contributed by atoms with Crippen LogP contribution in [0.1, 0.15) is 58.9 Å². The summed E-state index contributed by atoms with van der Waals surface area (Å²) >= 11 is 0. The molecule has 3 N–H and O–H groups in total. The number of carbonyl (C=O) groups excluding carboxylic acids is 5. The summed E-state index contributed by atoms with van der Waals surface area (Å²) in [6, 6.07) is 21.6. The molecular weight excluding hydrogens is 741 g/mol. The van der Waals surface area contributed by atoms with Crippen LogP contribution >= 0.6 is 0 Å². The number of likely N-dealkylation sites (tertiary alicyclic amines) is 1. The minimum atomic E-state index is -1.01. The van der Waals surface area contributed by atoms with E-state index >= 15 is 0 Å². The first kappa shape index (κ1) is 36.9. The molecule has 4 aliphatic rings. The molecule has 2 unspecified atom stereocenters. The number of benzene rings is 3. The van der Waals surface area contributed by atoms with Crippen molar-refractivity contribution in [1.82, 2.24) is 39.8 Å². The molecule has 3 aromatic carbocycles. The normalized spacial score (nSPS) is 19.9. The molecule has 0 spiro atoms. The van der Waals surface area contributed by atoms with Crippen LogP contribution in [-0.2, 0) is 14.4 Å². The van der Waals surface area contributed by atoms with Gasteiger partial charge in [0.25, 0.3) is 11.8 Å². The second kappa shape index (κ2) is 15.3. The summed E-state index contributed by atoms with van der Waals surface area (Å²) < 4.78 is 7.96. The van der Waals surface area contributed by atoms with Gasteiger partial charge in [-0.25, -0.2) is 14.6 Å². The Morgan fingerprint density at radius 1 is 0.845 bits per heavy atom. The van der Waals surface area contributed by atoms with Gasteiger partial charge in [0.1, 0.15) is 35.4 Å². The standard InChI is InChI=1S/C42H42N10O6/c43-38-36-37(26-8-11-30(12-9-26)58-29-5-2-1-3-6-29)47-52(39(36)45-25-44-38)28-16-18-48(24-28)17-4-7-35(54)50-21-19-49(20-22-50)27-10-13-31-32(23-27)42(57)51(41(31)56)33-14-15-34(53)46-40(33)55/h1-3,5-6,8-13,23,25,28,33H,4,7,14-22,24H2,(H2,43,44,45)(H,46,53,55). The van der Waals surface area contributed by atoms with Gasteiger partial charge in [0, 0.05) is 63.4 Å². The maximum atomic E-state index is 13.3. The van der Waals surface area contributed by atoms with E-state index in [1.54, 1.807) is 18.2 Å². The Balaban J connectivity index is 0.772. The number of amides is 5. The van der Waals surface area contributed by atoms with Gasteiger partial charge in [-0.15, -0.1) is 0 Å². The topological polar surface area (TPSA) is 189 Å². The Kier molecular flexibility index (Phi) is 9.77. The monoisotopic (exact) mass is 782 g/mol. The molecule has 0 saturated carbocycles. The van der Waals surface area contributed by atoms with Crippen LogP contribution in [0.5, 0.6) is 11.5 Å². The smallest absolute Gasteiger partial charge is 0.262 e. The van der Waals surface area contributed by atoms with Gasteiger partial charge in [0.15, 0.2) is 5.65 Å². The lowest BCUT2D eigenvalue weighted by atomic mass is 10.0. The maximum absolute atomic E-state index is 13.3. The van der Waals surface area contributed by atoms with Gasteiger partial charge in [-0.1, -0.05) is 18.2 Å². The number of piperazine rings is 1. The first-order valence-electron chi connectivity index (χ1n) is 19.6. The summed E-state index contributed by atoms with van der Waals surface area (Å²) in [5.41, 5.74) is 9.97. The van der Waals surface area contributed by atoms with Crippen LogP contribution < -0.4 is 20.7 Å². The van der Waals surface area contributed by atoms with Crippen molar-refractivity contribution in [3.8, 4) is 22.8 Å². The van der Waals surface area contributed by atoms with Crippen molar-refractivity contribution >= 4 is 52.1 Å². The summed E-state index contributed by atoms with van der Waals surface area (Å²) in [5.74, 6) is -0.152. The Labute approximate surface area is 333 Å². The average Bonchev–Trinajstić information content (AvgIpc) is 3.94. The van der Waals surface area contributed by atoms with E-state index in [1.807, 2.05) is 64.2 Å². The Morgan fingerprint density at radius 2 is 1.60 bits per heavy atom. The number of nitrogens with one attached hydrogen (secondary N) is 1. The summed E-state index contributed by atoms with van der Waals surface area (Å²) in [6.07, 6.45) is 3.71. The minimum Gasteiger partial charge on any atom is -0.457 e. The number of para-hydroxylation sites is 1. The molecule has 3 fully saturated rings. The van der Waals surface area contributed by atoms with Crippen LogP contribution in [0.3, 0.4) is 0 Å². The highest BCUT2D eigenvalue weighted by Gasteiger charge is 2.45. The molecule has 2 atom stereocenters. The molecule has 0 radical (unpaired) electrons. The maximum Gasteiger partial charge on any atom is 0.262 e. The third-order valence-corrected chi connectivity index (χ3v) is 11.5. The lowest BCUT2D eigenvalue weighted by molar-refractivity contribution is -0.136. The molecule has 3 saturated heterocycles. The largest absolute Gasteiger partial charge is 0.457 e. The van der Waals surface area contributed by atoms with Crippen molar-refractivity contribution in [3.63, 3.8) is 0 Å². The number of anilines is 2. The molecule has 0 aliphatic carbocycles. The molecule has 16 heteroatoms. The number of nitrogens with two attached hydrogens (primary N) is 1. The Morgan fingerprint density at radius 3 is 2.38 bits per heavy atom. The van der Waals surface area contributed by atoms with Crippen molar-refractivity contribution in [2.24, 2.45) is 0 Å². The van der Waals surface area contributed by atoms with E-state index in [9.17, 15) is 24.0 Å². The van der Waals surface area contributed by atoms with Gasteiger partial charge < -0.3 is 25.2 Å². The molecule has 296 valence electrons. The van der Waals surface area contributed by atoms with Crippen molar-refractivity contribution in [2.45, 2.75) is 44.2 Å². The molecule has 0 bridgehead atoms. The van der Waals surface area contributed by atoms with E-state index in [0.29, 0.717) is 49.8 Å².